The highest BCUT2D eigenvalue weighted by atomic mass is 16.5. The number of amides is 1. The van der Waals surface area contributed by atoms with E-state index in [1.54, 1.807) is 0 Å². The molecule has 6 nitrogen and oxygen atoms in total. The first kappa shape index (κ1) is 20.1. The van der Waals surface area contributed by atoms with Crippen LogP contribution in [0.15, 0.2) is 91.3 Å². The van der Waals surface area contributed by atoms with Gasteiger partial charge in [-0.3, -0.25) is 4.79 Å². The van der Waals surface area contributed by atoms with Crippen LogP contribution in [-0.2, 0) is 4.79 Å². The molecule has 6 heteroatoms. The number of benzene rings is 3. The highest BCUT2D eigenvalue weighted by Gasteiger charge is 2.05. The lowest BCUT2D eigenvalue weighted by molar-refractivity contribution is -0.115. The van der Waals surface area contributed by atoms with Gasteiger partial charge in [-0.25, -0.2) is 9.97 Å². The number of aromatic nitrogens is 2. The molecule has 2 N–H and O–H groups in total. The summed E-state index contributed by atoms with van der Waals surface area (Å²) in [6, 6.07) is 26.8. The topological polar surface area (TPSA) is 76.1 Å². The zero-order chi connectivity index (χ0) is 21.5. The third kappa shape index (κ3) is 5.45. The van der Waals surface area contributed by atoms with Crippen molar-refractivity contribution in [3.05, 3.63) is 91.3 Å². The van der Waals surface area contributed by atoms with Crippen LogP contribution < -0.4 is 15.4 Å². The third-order valence-corrected chi connectivity index (χ3v) is 4.54. The largest absolute Gasteiger partial charge is 0.457 e. The van der Waals surface area contributed by atoms with E-state index in [4.69, 9.17) is 4.74 Å². The van der Waals surface area contributed by atoms with Gasteiger partial charge in [-0.05, 0) is 54.6 Å². The van der Waals surface area contributed by atoms with Gasteiger partial charge in [-0.15, -0.1) is 0 Å². The van der Waals surface area contributed by atoms with Crippen molar-refractivity contribution < 1.29 is 9.53 Å². The Balaban J connectivity index is 1.47. The maximum atomic E-state index is 11.6. The van der Waals surface area contributed by atoms with Gasteiger partial charge in [-0.2, -0.15) is 0 Å². The summed E-state index contributed by atoms with van der Waals surface area (Å²) in [5.74, 6) is 2.18. The predicted molar refractivity (Wildman–Crippen MR) is 123 cm³/mol. The lowest BCUT2D eigenvalue weighted by Crippen LogP contribution is -2.09. The molecule has 1 aromatic heterocycles. The highest BCUT2D eigenvalue weighted by Crippen LogP contribution is 2.26. The lowest BCUT2D eigenvalue weighted by atomic mass is 10.1. The Morgan fingerprint density at radius 2 is 1.58 bits per heavy atom. The average molecular weight is 410 g/mol. The number of ether oxygens (including phenoxy) is 1. The van der Waals surface area contributed by atoms with Gasteiger partial charge >= 0.3 is 0 Å². The zero-order valence-electron chi connectivity index (χ0n) is 17.1. The second-order valence-electron chi connectivity index (χ2n) is 6.84. The smallest absolute Gasteiger partial charge is 0.224 e. The summed E-state index contributed by atoms with van der Waals surface area (Å²) in [6.45, 7) is 1.82. The molecule has 4 aromatic rings. The number of para-hydroxylation sites is 1. The van der Waals surface area contributed by atoms with Crippen molar-refractivity contribution >= 4 is 23.1 Å². The molecule has 31 heavy (non-hydrogen) atoms. The fourth-order valence-corrected chi connectivity index (χ4v) is 2.97. The van der Waals surface area contributed by atoms with E-state index in [1.165, 1.54) is 6.33 Å². The molecule has 154 valence electrons. The molecule has 0 aliphatic heterocycles. The highest BCUT2D eigenvalue weighted by molar-refractivity contribution is 5.91. The van der Waals surface area contributed by atoms with Crippen LogP contribution in [0.4, 0.5) is 17.2 Å². The molecule has 0 saturated carbocycles. The van der Waals surface area contributed by atoms with Gasteiger partial charge in [-0.1, -0.05) is 31.2 Å². The van der Waals surface area contributed by atoms with Gasteiger partial charge in [0.25, 0.3) is 0 Å². The molecule has 0 aliphatic carbocycles. The second-order valence-corrected chi connectivity index (χ2v) is 6.84. The van der Waals surface area contributed by atoms with E-state index >= 15 is 0 Å². The van der Waals surface area contributed by atoms with E-state index in [0.29, 0.717) is 12.2 Å². The van der Waals surface area contributed by atoms with Gasteiger partial charge in [0, 0.05) is 29.4 Å². The summed E-state index contributed by atoms with van der Waals surface area (Å²) in [7, 11) is 0. The first-order valence-electron chi connectivity index (χ1n) is 10.0. The quantitative estimate of drug-likeness (QED) is 0.389. The molecule has 0 radical (unpaired) electrons. The van der Waals surface area contributed by atoms with E-state index < -0.39 is 0 Å². The molecular weight excluding hydrogens is 388 g/mol. The summed E-state index contributed by atoms with van der Waals surface area (Å²) in [6.07, 6.45) is 1.96. The van der Waals surface area contributed by atoms with Gasteiger partial charge in [0.2, 0.25) is 5.91 Å². The van der Waals surface area contributed by atoms with Gasteiger partial charge < -0.3 is 15.4 Å². The summed E-state index contributed by atoms with van der Waals surface area (Å²) in [5.41, 5.74) is 3.30. The molecule has 4 rings (SSSR count). The minimum atomic E-state index is -0.0267. The van der Waals surface area contributed by atoms with E-state index in [0.717, 1.165) is 34.1 Å². The van der Waals surface area contributed by atoms with Crippen molar-refractivity contribution in [3.63, 3.8) is 0 Å². The van der Waals surface area contributed by atoms with E-state index in [-0.39, 0.29) is 5.91 Å². The Morgan fingerprint density at radius 1 is 0.839 bits per heavy atom. The zero-order valence-corrected chi connectivity index (χ0v) is 17.1. The maximum absolute atomic E-state index is 11.6. The predicted octanol–water partition coefficient (Wildman–Crippen LogP) is 6.03. The van der Waals surface area contributed by atoms with Crippen LogP contribution in [0.25, 0.3) is 11.3 Å². The normalized spacial score (nSPS) is 10.4. The number of anilines is 3. The number of hydrogen-bond donors (Lipinski definition) is 2. The first-order chi connectivity index (χ1) is 15.2. The molecule has 0 spiro atoms. The minimum Gasteiger partial charge on any atom is -0.457 e. The SMILES string of the molecule is CCC(=O)Nc1cccc(Nc2cc(-c3ccc(Oc4ccccc4)cc3)ncn2)c1. The molecule has 0 unspecified atom stereocenters. The van der Waals surface area contributed by atoms with E-state index in [9.17, 15) is 4.79 Å². The molecule has 3 aromatic carbocycles. The summed E-state index contributed by atoms with van der Waals surface area (Å²) >= 11 is 0. The minimum absolute atomic E-state index is 0.0267. The van der Waals surface area contributed by atoms with Crippen molar-refractivity contribution in [2.75, 3.05) is 10.6 Å². The van der Waals surface area contributed by atoms with Crippen LogP contribution in [0.5, 0.6) is 11.5 Å². The van der Waals surface area contributed by atoms with Gasteiger partial charge in [0.05, 0.1) is 5.69 Å². The van der Waals surface area contributed by atoms with Crippen molar-refractivity contribution in [3.8, 4) is 22.8 Å². The number of hydrogen-bond acceptors (Lipinski definition) is 5. The number of nitrogens with zero attached hydrogens (tertiary/aromatic N) is 2. The Bertz CT molecular complexity index is 1160. The van der Waals surface area contributed by atoms with Crippen LogP contribution in [0.2, 0.25) is 0 Å². The standard InChI is InChI=1S/C25H22N4O2/c1-2-25(30)29-20-8-6-7-19(15-20)28-24-16-23(26-17-27-24)18-11-13-22(14-12-18)31-21-9-4-3-5-10-21/h3-17H,2H2,1H3,(H,29,30)(H,26,27,28). The molecule has 1 amide bonds. The lowest BCUT2D eigenvalue weighted by Gasteiger charge is -2.10. The second kappa shape index (κ2) is 9.54. The molecule has 0 saturated heterocycles. The number of carbonyl (C=O) groups is 1. The molecule has 1 heterocycles. The Hall–Kier alpha value is -4.19. The molecular formula is C25H22N4O2. The van der Waals surface area contributed by atoms with Crippen LogP contribution in [0, 0.1) is 0 Å². The Kier molecular flexibility index (Phi) is 6.18. The van der Waals surface area contributed by atoms with Crippen LogP contribution >= 0.6 is 0 Å². The van der Waals surface area contributed by atoms with Crippen molar-refractivity contribution in [2.45, 2.75) is 13.3 Å². The monoisotopic (exact) mass is 410 g/mol. The van der Waals surface area contributed by atoms with Gasteiger partial charge in [0.15, 0.2) is 0 Å². The van der Waals surface area contributed by atoms with Crippen LogP contribution in [0.3, 0.4) is 0 Å². The number of carbonyl (C=O) groups excluding carboxylic acids is 1. The number of nitrogens with one attached hydrogen (secondary N) is 2. The van der Waals surface area contributed by atoms with E-state index in [2.05, 4.69) is 20.6 Å². The van der Waals surface area contributed by atoms with Crippen molar-refractivity contribution in [1.82, 2.24) is 9.97 Å². The van der Waals surface area contributed by atoms with Crippen LogP contribution in [-0.4, -0.2) is 15.9 Å². The van der Waals surface area contributed by atoms with Crippen LogP contribution in [0.1, 0.15) is 13.3 Å². The fourth-order valence-electron chi connectivity index (χ4n) is 2.97. The molecule has 0 atom stereocenters. The summed E-state index contributed by atoms with van der Waals surface area (Å²) < 4.78 is 5.84. The van der Waals surface area contributed by atoms with Crippen molar-refractivity contribution in [2.24, 2.45) is 0 Å². The van der Waals surface area contributed by atoms with Gasteiger partial charge in [0.1, 0.15) is 23.6 Å². The average Bonchev–Trinajstić information content (AvgIpc) is 2.80. The molecule has 0 aliphatic rings. The first-order valence-corrected chi connectivity index (χ1v) is 10.0. The summed E-state index contributed by atoms with van der Waals surface area (Å²) in [5, 5.41) is 6.12. The Labute approximate surface area is 181 Å². The van der Waals surface area contributed by atoms with E-state index in [1.807, 2.05) is 91.9 Å². The molecule has 0 fully saturated rings. The fraction of sp³-hybridized carbons (Fsp3) is 0.0800. The number of rotatable bonds is 7. The Morgan fingerprint density at radius 3 is 2.35 bits per heavy atom. The maximum Gasteiger partial charge on any atom is 0.224 e. The third-order valence-electron chi connectivity index (χ3n) is 4.54. The van der Waals surface area contributed by atoms with Crippen molar-refractivity contribution in [1.29, 1.82) is 0 Å². The molecule has 0 bridgehead atoms. The summed E-state index contributed by atoms with van der Waals surface area (Å²) in [4.78, 5) is 20.3.